The molecule has 15 heteroatoms. The number of fused-ring (bicyclic) bond motifs is 2. The summed E-state index contributed by atoms with van der Waals surface area (Å²) in [6, 6.07) is 17.5. The average Bonchev–Trinajstić information content (AvgIpc) is 3.49. The summed E-state index contributed by atoms with van der Waals surface area (Å²) in [4.78, 5) is 83.1. The molecule has 0 spiro atoms. The molecule has 4 heterocycles. The molecule has 1 aromatic heterocycles. The predicted molar refractivity (Wildman–Crippen MR) is 216 cm³/mol. The molecule has 312 valence electrons. The second kappa shape index (κ2) is 17.6. The maximum absolute atomic E-state index is 14.0. The van der Waals surface area contributed by atoms with Crippen LogP contribution in [0.5, 0.6) is 11.5 Å². The van der Waals surface area contributed by atoms with Crippen LogP contribution >= 0.6 is 0 Å². The third kappa shape index (κ3) is 8.58. The highest BCUT2D eigenvalue weighted by molar-refractivity contribution is 6.24. The van der Waals surface area contributed by atoms with Gasteiger partial charge in [0.15, 0.2) is 0 Å². The van der Waals surface area contributed by atoms with Gasteiger partial charge in [-0.1, -0.05) is 13.0 Å². The quantitative estimate of drug-likeness (QED) is 0.124. The summed E-state index contributed by atoms with van der Waals surface area (Å²) in [5.74, 6) is -1.54. The fourth-order valence-electron chi connectivity index (χ4n) is 8.66. The smallest absolute Gasteiger partial charge is 0.266 e. The van der Waals surface area contributed by atoms with Crippen LogP contribution in [0.25, 0.3) is 10.9 Å². The zero-order valence-corrected chi connectivity index (χ0v) is 33.2. The van der Waals surface area contributed by atoms with Gasteiger partial charge in [-0.3, -0.25) is 44.0 Å². The summed E-state index contributed by atoms with van der Waals surface area (Å²) in [5, 5.41) is 6.09. The lowest BCUT2D eigenvalue weighted by molar-refractivity contribution is -0.141. The summed E-state index contributed by atoms with van der Waals surface area (Å²) in [6.45, 7) is 3.21. The lowest BCUT2D eigenvalue weighted by Gasteiger charge is -2.39. The largest absolute Gasteiger partial charge is 0.490 e. The first-order valence-corrected chi connectivity index (χ1v) is 20.5. The molecule has 1 aliphatic carbocycles. The van der Waals surface area contributed by atoms with Crippen molar-refractivity contribution in [2.45, 2.75) is 69.9 Å². The number of hydrogen-bond acceptors (Lipinski definition) is 10. The molecule has 0 bridgehead atoms. The van der Waals surface area contributed by atoms with Gasteiger partial charge in [0.1, 0.15) is 36.1 Å². The Kier molecular flexibility index (Phi) is 11.9. The number of piperidine rings is 1. The van der Waals surface area contributed by atoms with Gasteiger partial charge >= 0.3 is 0 Å². The van der Waals surface area contributed by atoms with Crippen molar-refractivity contribution in [2.75, 3.05) is 38.2 Å². The fraction of sp³-hybridized carbons (Fsp3) is 0.400. The molecule has 14 nitrogen and oxygen atoms in total. The Hall–Kier alpha value is -6.22. The number of aromatic nitrogens is 1. The molecule has 60 heavy (non-hydrogen) atoms. The molecule has 6 amide bonds. The number of carbonyl (C=O) groups excluding carboxylic acids is 6. The first-order valence-electron chi connectivity index (χ1n) is 20.5. The number of nitrogens with zero attached hydrogens (tertiary/aromatic N) is 3. The maximum atomic E-state index is 14.0. The second-order valence-electron chi connectivity index (χ2n) is 15.9. The number of imide groups is 2. The van der Waals surface area contributed by atoms with E-state index in [0.717, 1.165) is 47.0 Å². The fourth-order valence-corrected chi connectivity index (χ4v) is 8.66. The van der Waals surface area contributed by atoms with Crippen molar-refractivity contribution in [3.63, 3.8) is 0 Å². The van der Waals surface area contributed by atoms with Crippen LogP contribution in [0.1, 0.15) is 84.1 Å². The molecular formula is C45H46FN5O9. The van der Waals surface area contributed by atoms with Crippen molar-refractivity contribution in [1.29, 1.82) is 0 Å². The van der Waals surface area contributed by atoms with E-state index in [0.29, 0.717) is 30.4 Å². The lowest BCUT2D eigenvalue weighted by atomic mass is 9.73. The van der Waals surface area contributed by atoms with E-state index < -0.39 is 29.7 Å². The van der Waals surface area contributed by atoms with E-state index in [1.54, 1.807) is 47.5 Å². The molecule has 4 aromatic rings. The van der Waals surface area contributed by atoms with Gasteiger partial charge in [0, 0.05) is 29.6 Å². The predicted octanol–water partition coefficient (Wildman–Crippen LogP) is 5.40. The molecule has 2 N–H and O–H groups in total. The van der Waals surface area contributed by atoms with Crippen LogP contribution in [0.3, 0.4) is 0 Å². The molecule has 2 saturated heterocycles. The number of benzene rings is 3. The number of hydrogen-bond donors (Lipinski definition) is 2. The van der Waals surface area contributed by atoms with Gasteiger partial charge in [-0.2, -0.15) is 0 Å². The minimum absolute atomic E-state index is 0.0261. The standard InChI is InChI=1S/C45H46FN5O9/c1-26(27-5-7-28(8-6-27)33-17-19-47-36-14-9-29(46)23-35(33)36)42(54)48-30-10-12-31(13-11-30)60-32-24-50(25-32)40(53)18-20-58-21-22-59-38-4-2-3-34-41(38)45(57)51(44(34)56)37-15-16-39(52)49-43(37)55/h2-4,9-14,17,19,23,26-28,32,37H,5-8,15-16,18,20-22,24-25H2,1H3,(H,48,54)(H,49,52,55)/t26-,27?,28?,37?/m1/s1. The first kappa shape index (κ1) is 40.6. The van der Waals surface area contributed by atoms with E-state index in [1.165, 1.54) is 12.1 Å². The minimum Gasteiger partial charge on any atom is -0.490 e. The molecule has 2 atom stereocenters. The number of pyridine rings is 1. The number of anilines is 1. The van der Waals surface area contributed by atoms with Gasteiger partial charge < -0.3 is 24.4 Å². The molecular weight excluding hydrogens is 774 g/mol. The van der Waals surface area contributed by atoms with Crippen molar-refractivity contribution in [3.05, 3.63) is 95.4 Å². The zero-order chi connectivity index (χ0) is 41.9. The summed E-state index contributed by atoms with van der Waals surface area (Å²) in [5.41, 5.74) is 2.79. The van der Waals surface area contributed by atoms with Crippen molar-refractivity contribution < 1.29 is 47.4 Å². The molecule has 4 aliphatic rings. The molecule has 3 aliphatic heterocycles. The Morgan fingerprint density at radius 2 is 1.70 bits per heavy atom. The van der Waals surface area contributed by atoms with E-state index in [2.05, 4.69) is 15.6 Å². The Labute approximate surface area is 345 Å². The number of carbonyl (C=O) groups is 6. The molecule has 1 unspecified atom stereocenters. The van der Waals surface area contributed by atoms with Gasteiger partial charge in [-0.25, -0.2) is 4.39 Å². The van der Waals surface area contributed by atoms with Crippen molar-refractivity contribution in [1.82, 2.24) is 20.1 Å². The second-order valence-corrected chi connectivity index (χ2v) is 15.9. The van der Waals surface area contributed by atoms with Gasteiger partial charge in [0.05, 0.1) is 49.4 Å². The van der Waals surface area contributed by atoms with Crippen LogP contribution < -0.4 is 20.1 Å². The van der Waals surface area contributed by atoms with Gasteiger partial charge in [-0.05, 0) is 110 Å². The van der Waals surface area contributed by atoms with Crippen LogP contribution in [0.15, 0.2) is 72.9 Å². The highest BCUT2D eigenvalue weighted by atomic mass is 19.1. The molecule has 1 saturated carbocycles. The highest BCUT2D eigenvalue weighted by Crippen LogP contribution is 2.41. The normalized spacial score (nSPS) is 21.0. The maximum Gasteiger partial charge on any atom is 0.266 e. The zero-order valence-electron chi connectivity index (χ0n) is 33.2. The van der Waals surface area contributed by atoms with Gasteiger partial charge in [0.2, 0.25) is 23.6 Å². The number of amides is 6. The average molecular weight is 820 g/mol. The summed E-state index contributed by atoms with van der Waals surface area (Å²) >= 11 is 0. The number of likely N-dealkylation sites (tertiary alicyclic amines) is 1. The lowest BCUT2D eigenvalue weighted by Crippen LogP contribution is -2.56. The number of rotatable bonds is 14. The highest BCUT2D eigenvalue weighted by Gasteiger charge is 2.46. The van der Waals surface area contributed by atoms with Gasteiger partial charge in [-0.15, -0.1) is 0 Å². The molecule has 0 radical (unpaired) electrons. The Morgan fingerprint density at radius 1 is 0.917 bits per heavy atom. The monoisotopic (exact) mass is 819 g/mol. The van der Waals surface area contributed by atoms with E-state index in [1.807, 2.05) is 25.1 Å². The van der Waals surface area contributed by atoms with Crippen LogP contribution in [-0.4, -0.2) is 95.3 Å². The molecule has 8 rings (SSSR count). The van der Waals surface area contributed by atoms with Gasteiger partial charge in [0.25, 0.3) is 11.8 Å². The molecule has 3 aromatic carbocycles. The Balaban J connectivity index is 0.711. The number of ether oxygens (including phenoxy) is 3. The summed E-state index contributed by atoms with van der Waals surface area (Å²) in [6.07, 6.45) is 5.58. The Morgan fingerprint density at radius 3 is 2.47 bits per heavy atom. The van der Waals surface area contributed by atoms with E-state index in [9.17, 15) is 33.2 Å². The van der Waals surface area contributed by atoms with Crippen molar-refractivity contribution >= 4 is 52.0 Å². The van der Waals surface area contributed by atoms with Crippen LogP contribution in [0.2, 0.25) is 0 Å². The first-order chi connectivity index (χ1) is 29.0. The molecule has 3 fully saturated rings. The van der Waals surface area contributed by atoms with E-state index in [-0.39, 0.29) is 91.5 Å². The number of nitrogens with one attached hydrogen (secondary N) is 2. The van der Waals surface area contributed by atoms with Crippen LogP contribution in [0.4, 0.5) is 10.1 Å². The van der Waals surface area contributed by atoms with Crippen molar-refractivity contribution in [2.24, 2.45) is 11.8 Å². The van der Waals surface area contributed by atoms with E-state index in [4.69, 9.17) is 14.2 Å². The third-order valence-electron chi connectivity index (χ3n) is 12.1. The topological polar surface area (TPSA) is 174 Å². The minimum atomic E-state index is -1.07. The Bertz CT molecular complexity index is 2320. The van der Waals surface area contributed by atoms with Crippen molar-refractivity contribution in [3.8, 4) is 11.5 Å². The van der Waals surface area contributed by atoms with Crippen LogP contribution in [0, 0.1) is 17.7 Å². The SMILES string of the molecule is C[C@@H](C(=O)Nc1ccc(OC2CN(C(=O)CCOCCOc3cccc4c3C(=O)N(C3CCC(=O)NC3=O)C4=O)C2)cc1)C1CCC(c2ccnc3ccc(F)cc23)CC1. The van der Waals surface area contributed by atoms with E-state index >= 15 is 0 Å². The number of halogens is 1. The summed E-state index contributed by atoms with van der Waals surface area (Å²) in [7, 11) is 0. The van der Waals surface area contributed by atoms with Crippen LogP contribution in [-0.2, 0) is 23.9 Å². The summed E-state index contributed by atoms with van der Waals surface area (Å²) < 4.78 is 31.4. The third-order valence-corrected chi connectivity index (χ3v) is 12.1.